The molecule has 1 aliphatic rings. The van der Waals surface area contributed by atoms with Crippen LogP contribution in [0.2, 0.25) is 0 Å². The maximum Gasteiger partial charge on any atom is 0.264 e. The van der Waals surface area contributed by atoms with Crippen molar-refractivity contribution in [1.82, 2.24) is 4.90 Å². The number of imide groups is 1. The van der Waals surface area contributed by atoms with Crippen LogP contribution in [0.15, 0.2) is 42.5 Å². The summed E-state index contributed by atoms with van der Waals surface area (Å²) in [5.41, 5.74) is -1.30. The molecule has 0 radical (unpaired) electrons. The SMILES string of the molecule is O=C1c2c(F)c(F)c(F)c(F)c2C(=O)N1CCc1cccc2ccccc12. The largest absolute Gasteiger partial charge is 0.274 e. The molecule has 0 saturated carbocycles. The molecule has 3 nitrogen and oxygen atoms in total. The fourth-order valence-electron chi connectivity index (χ4n) is 3.34. The molecule has 0 fully saturated rings. The second kappa shape index (κ2) is 6.19. The van der Waals surface area contributed by atoms with Crippen molar-refractivity contribution in [2.75, 3.05) is 6.54 Å². The van der Waals surface area contributed by atoms with Gasteiger partial charge in [-0.25, -0.2) is 17.6 Å². The van der Waals surface area contributed by atoms with E-state index >= 15 is 0 Å². The minimum atomic E-state index is -2.11. The number of carbonyl (C=O) groups excluding carboxylic acids is 2. The van der Waals surface area contributed by atoms with Gasteiger partial charge in [0.25, 0.3) is 11.8 Å². The van der Waals surface area contributed by atoms with Gasteiger partial charge < -0.3 is 0 Å². The van der Waals surface area contributed by atoms with Crippen molar-refractivity contribution in [1.29, 1.82) is 0 Å². The molecule has 3 aromatic carbocycles. The van der Waals surface area contributed by atoms with Gasteiger partial charge in [0, 0.05) is 6.54 Å². The maximum atomic E-state index is 13.9. The van der Waals surface area contributed by atoms with E-state index in [1.807, 2.05) is 36.4 Å². The van der Waals surface area contributed by atoms with Gasteiger partial charge in [-0.2, -0.15) is 0 Å². The summed E-state index contributed by atoms with van der Waals surface area (Å²) in [6, 6.07) is 13.0. The Morgan fingerprint density at radius 2 is 1.26 bits per heavy atom. The number of hydrogen-bond donors (Lipinski definition) is 0. The number of benzene rings is 3. The zero-order chi connectivity index (χ0) is 19.3. The quantitative estimate of drug-likeness (QED) is 0.298. The average molecular weight is 373 g/mol. The molecular formula is C20H11F4NO2. The van der Waals surface area contributed by atoms with Crippen LogP contribution in [0, 0.1) is 23.3 Å². The number of carbonyl (C=O) groups is 2. The van der Waals surface area contributed by atoms with Gasteiger partial charge >= 0.3 is 0 Å². The van der Waals surface area contributed by atoms with Crippen LogP contribution in [-0.4, -0.2) is 23.3 Å². The van der Waals surface area contributed by atoms with Crippen molar-refractivity contribution in [2.45, 2.75) is 6.42 Å². The number of hydrogen-bond acceptors (Lipinski definition) is 2. The van der Waals surface area contributed by atoms with Crippen molar-refractivity contribution < 1.29 is 27.2 Å². The third-order valence-corrected chi connectivity index (χ3v) is 4.67. The van der Waals surface area contributed by atoms with E-state index in [2.05, 4.69) is 0 Å². The highest BCUT2D eigenvalue weighted by molar-refractivity contribution is 6.21. The minimum Gasteiger partial charge on any atom is -0.274 e. The highest BCUT2D eigenvalue weighted by Crippen LogP contribution is 2.32. The normalized spacial score (nSPS) is 13.6. The van der Waals surface area contributed by atoms with E-state index in [4.69, 9.17) is 0 Å². The van der Waals surface area contributed by atoms with Crippen molar-refractivity contribution in [3.8, 4) is 0 Å². The van der Waals surface area contributed by atoms with Crippen LogP contribution in [0.4, 0.5) is 17.6 Å². The molecule has 0 aromatic heterocycles. The van der Waals surface area contributed by atoms with E-state index in [1.165, 1.54) is 0 Å². The smallest absolute Gasteiger partial charge is 0.264 e. The first-order chi connectivity index (χ1) is 12.9. The van der Waals surface area contributed by atoms with Crippen LogP contribution in [-0.2, 0) is 6.42 Å². The molecule has 0 saturated heterocycles. The molecule has 2 amide bonds. The lowest BCUT2D eigenvalue weighted by atomic mass is 10.0. The second-order valence-corrected chi connectivity index (χ2v) is 6.16. The summed E-state index contributed by atoms with van der Waals surface area (Å²) in [7, 11) is 0. The minimum absolute atomic E-state index is 0.178. The van der Waals surface area contributed by atoms with Gasteiger partial charge in [0.05, 0.1) is 11.1 Å². The van der Waals surface area contributed by atoms with Crippen LogP contribution in [0.5, 0.6) is 0 Å². The van der Waals surface area contributed by atoms with Crippen LogP contribution in [0.25, 0.3) is 10.8 Å². The topological polar surface area (TPSA) is 37.4 Å². The molecule has 27 heavy (non-hydrogen) atoms. The molecule has 0 spiro atoms. The Bertz CT molecular complexity index is 1070. The molecule has 1 heterocycles. The zero-order valence-corrected chi connectivity index (χ0v) is 13.7. The summed E-state index contributed by atoms with van der Waals surface area (Å²) in [5, 5.41) is 1.87. The van der Waals surface area contributed by atoms with Gasteiger partial charge in [-0.15, -0.1) is 0 Å². The Morgan fingerprint density at radius 1 is 0.704 bits per heavy atom. The Kier molecular flexibility index (Phi) is 3.95. The van der Waals surface area contributed by atoms with Crippen molar-refractivity contribution >= 4 is 22.6 Å². The van der Waals surface area contributed by atoms with Crippen LogP contribution in [0.3, 0.4) is 0 Å². The van der Waals surface area contributed by atoms with Gasteiger partial charge in [0.1, 0.15) is 0 Å². The molecule has 1 aliphatic heterocycles. The fraction of sp³-hybridized carbons (Fsp3) is 0.100. The summed E-state index contributed by atoms with van der Waals surface area (Å²) < 4.78 is 54.7. The summed E-state index contributed by atoms with van der Waals surface area (Å²) in [6.07, 6.45) is 0.223. The van der Waals surface area contributed by atoms with E-state index in [0.29, 0.717) is 4.90 Å². The van der Waals surface area contributed by atoms with Crippen LogP contribution < -0.4 is 0 Å². The first kappa shape index (κ1) is 17.2. The third kappa shape index (κ3) is 2.50. The average Bonchev–Trinajstić information content (AvgIpc) is 2.93. The first-order valence-electron chi connectivity index (χ1n) is 8.10. The van der Waals surface area contributed by atoms with Crippen LogP contribution in [0.1, 0.15) is 26.3 Å². The van der Waals surface area contributed by atoms with Crippen molar-refractivity contribution in [3.05, 3.63) is 82.4 Å². The standard InChI is InChI=1S/C20H11F4NO2/c21-15-13-14(16(22)18(24)17(15)23)20(27)25(19(13)26)9-8-11-6-3-5-10-4-1-2-7-12(10)11/h1-7H,8-9H2. The summed E-state index contributed by atoms with van der Waals surface area (Å²) in [4.78, 5) is 25.3. The van der Waals surface area contributed by atoms with E-state index in [1.54, 1.807) is 6.07 Å². The van der Waals surface area contributed by atoms with E-state index < -0.39 is 46.2 Å². The Hall–Kier alpha value is -3.22. The predicted molar refractivity (Wildman–Crippen MR) is 89.3 cm³/mol. The molecule has 3 aromatic rings. The zero-order valence-electron chi connectivity index (χ0n) is 13.7. The molecule has 7 heteroatoms. The molecule has 136 valence electrons. The maximum absolute atomic E-state index is 13.9. The number of amides is 2. The van der Waals surface area contributed by atoms with Crippen molar-refractivity contribution in [3.63, 3.8) is 0 Å². The molecule has 0 aliphatic carbocycles. The fourth-order valence-corrected chi connectivity index (χ4v) is 3.34. The Morgan fingerprint density at radius 3 is 1.89 bits per heavy atom. The predicted octanol–water partition coefficient (Wildman–Crippen LogP) is 4.23. The highest BCUT2D eigenvalue weighted by atomic mass is 19.2. The summed E-state index contributed by atoms with van der Waals surface area (Å²) >= 11 is 0. The second-order valence-electron chi connectivity index (χ2n) is 6.16. The van der Waals surface area contributed by atoms with Gasteiger partial charge in [0.15, 0.2) is 23.3 Å². The Balaban J connectivity index is 1.68. The van der Waals surface area contributed by atoms with Crippen LogP contribution >= 0.6 is 0 Å². The molecule has 0 bridgehead atoms. The lowest BCUT2D eigenvalue weighted by Gasteiger charge is -2.14. The highest BCUT2D eigenvalue weighted by Gasteiger charge is 2.43. The number of rotatable bonds is 3. The number of halogens is 4. The van der Waals surface area contributed by atoms with E-state index in [9.17, 15) is 27.2 Å². The van der Waals surface area contributed by atoms with Gasteiger partial charge in [-0.05, 0) is 22.8 Å². The summed E-state index contributed by atoms with van der Waals surface area (Å²) in [5.74, 6) is -10.3. The first-order valence-corrected chi connectivity index (χ1v) is 8.10. The van der Waals surface area contributed by atoms with Gasteiger partial charge in [0.2, 0.25) is 0 Å². The summed E-state index contributed by atoms with van der Waals surface area (Å²) in [6.45, 7) is -0.178. The Labute approximate surface area is 150 Å². The van der Waals surface area contributed by atoms with E-state index in [-0.39, 0.29) is 13.0 Å². The van der Waals surface area contributed by atoms with Gasteiger partial charge in [-0.1, -0.05) is 42.5 Å². The third-order valence-electron chi connectivity index (χ3n) is 4.67. The van der Waals surface area contributed by atoms with Crippen molar-refractivity contribution in [2.24, 2.45) is 0 Å². The molecule has 0 atom stereocenters. The molecule has 0 N–H and O–H groups in total. The number of nitrogens with zero attached hydrogens (tertiary/aromatic N) is 1. The van der Waals surface area contributed by atoms with Gasteiger partial charge in [-0.3, -0.25) is 14.5 Å². The molecule has 4 rings (SSSR count). The molecular weight excluding hydrogens is 362 g/mol. The lowest BCUT2D eigenvalue weighted by molar-refractivity contribution is 0.0653. The number of fused-ring (bicyclic) bond motifs is 2. The van der Waals surface area contributed by atoms with E-state index in [0.717, 1.165) is 16.3 Å². The molecule has 0 unspecified atom stereocenters. The monoisotopic (exact) mass is 373 g/mol. The lowest BCUT2D eigenvalue weighted by Crippen LogP contribution is -2.32.